The van der Waals surface area contributed by atoms with Crippen LogP contribution in [0.5, 0.6) is 0 Å². The molecule has 1 amide bonds. The van der Waals surface area contributed by atoms with Gasteiger partial charge in [0.25, 0.3) is 5.79 Å². The van der Waals surface area contributed by atoms with Crippen molar-refractivity contribution in [1.82, 2.24) is 5.32 Å². The molecule has 25 heavy (non-hydrogen) atoms. The summed E-state index contributed by atoms with van der Waals surface area (Å²) in [6.07, 6.45) is -8.14. The van der Waals surface area contributed by atoms with Gasteiger partial charge in [0.15, 0.2) is 0 Å². The fraction of sp³-hybridized carbons (Fsp3) is 0.786. The van der Waals surface area contributed by atoms with Crippen LogP contribution in [-0.4, -0.2) is 91.2 Å². The Morgan fingerprint density at radius 2 is 1.88 bits per heavy atom. The second-order valence-corrected chi connectivity index (χ2v) is 5.98. The predicted octanol–water partition coefficient (Wildman–Crippen LogP) is -3.52. The number of hydrogen-bond acceptors (Lipinski definition) is 9. The normalized spacial score (nSPS) is 31.8. The first kappa shape index (κ1) is 21.4. The summed E-state index contributed by atoms with van der Waals surface area (Å²) in [6.45, 7) is 0.372. The Labute approximate surface area is 142 Å². The maximum Gasteiger partial charge on any atom is 0.364 e. The molecular formula is C14H23NO10. The van der Waals surface area contributed by atoms with Gasteiger partial charge in [-0.05, 0) is 6.92 Å². The van der Waals surface area contributed by atoms with Gasteiger partial charge in [-0.15, -0.1) is 0 Å². The van der Waals surface area contributed by atoms with Gasteiger partial charge in [0.1, 0.15) is 24.1 Å². The van der Waals surface area contributed by atoms with Crippen LogP contribution >= 0.6 is 0 Å². The summed E-state index contributed by atoms with van der Waals surface area (Å²) in [5, 5.41) is 59.8. The highest BCUT2D eigenvalue weighted by Crippen LogP contribution is 2.30. The van der Waals surface area contributed by atoms with E-state index in [2.05, 4.69) is 5.32 Å². The Hall–Kier alpha value is -1.63. The number of ketones is 1. The number of nitrogens with one attached hydrogen (secondary N) is 1. The van der Waals surface area contributed by atoms with E-state index in [1.54, 1.807) is 0 Å². The summed E-state index contributed by atoms with van der Waals surface area (Å²) in [7, 11) is 0. The second kappa shape index (κ2) is 8.65. The Bertz CT molecular complexity index is 512. The number of carboxylic acids is 1. The molecule has 0 spiro atoms. The van der Waals surface area contributed by atoms with Crippen molar-refractivity contribution in [3.63, 3.8) is 0 Å². The second-order valence-electron chi connectivity index (χ2n) is 5.98. The molecular weight excluding hydrogens is 342 g/mol. The lowest BCUT2D eigenvalue weighted by Gasteiger charge is -2.44. The van der Waals surface area contributed by atoms with Crippen molar-refractivity contribution in [1.29, 1.82) is 0 Å². The SMILES string of the molecule is CC(=O)CCC(=O)N[C@H]1[C@H]([C@H](O)[C@H](O)CO)O[C@](O)(C(=O)O)C[C@@H]1O. The number of aliphatic carboxylic acids is 1. The molecule has 144 valence electrons. The van der Waals surface area contributed by atoms with Crippen LogP contribution in [0.4, 0.5) is 0 Å². The molecule has 1 saturated heterocycles. The quantitative estimate of drug-likeness (QED) is 0.226. The molecule has 1 rings (SSSR count). The fourth-order valence-electron chi connectivity index (χ4n) is 2.45. The van der Waals surface area contributed by atoms with Crippen LogP contribution in [0.1, 0.15) is 26.2 Å². The third-order valence-electron chi connectivity index (χ3n) is 3.87. The number of aliphatic hydroxyl groups excluding tert-OH is 4. The zero-order valence-corrected chi connectivity index (χ0v) is 13.5. The molecule has 0 aromatic carbocycles. The monoisotopic (exact) mass is 365 g/mol. The van der Waals surface area contributed by atoms with Crippen LogP contribution in [0.15, 0.2) is 0 Å². The zero-order chi connectivity index (χ0) is 19.4. The Kier molecular flexibility index (Phi) is 7.41. The van der Waals surface area contributed by atoms with Crippen molar-refractivity contribution in [3.8, 4) is 0 Å². The average Bonchev–Trinajstić information content (AvgIpc) is 2.53. The van der Waals surface area contributed by atoms with Gasteiger partial charge in [-0.1, -0.05) is 0 Å². The molecule has 1 fully saturated rings. The van der Waals surface area contributed by atoms with Gasteiger partial charge < -0.3 is 45.5 Å². The molecule has 6 atom stereocenters. The third-order valence-corrected chi connectivity index (χ3v) is 3.87. The van der Waals surface area contributed by atoms with Crippen LogP contribution in [0.2, 0.25) is 0 Å². The van der Waals surface area contributed by atoms with Gasteiger partial charge in [0.05, 0.1) is 18.8 Å². The summed E-state index contributed by atoms with van der Waals surface area (Å²) in [6, 6.07) is -1.38. The molecule has 0 aromatic heterocycles. The Morgan fingerprint density at radius 3 is 2.36 bits per heavy atom. The third kappa shape index (κ3) is 5.42. The molecule has 11 nitrogen and oxygen atoms in total. The highest BCUT2D eigenvalue weighted by Gasteiger charge is 2.53. The fourth-order valence-corrected chi connectivity index (χ4v) is 2.45. The summed E-state index contributed by atoms with van der Waals surface area (Å²) >= 11 is 0. The maximum absolute atomic E-state index is 11.9. The van der Waals surface area contributed by atoms with Gasteiger partial charge in [0.2, 0.25) is 5.91 Å². The summed E-state index contributed by atoms with van der Waals surface area (Å²) in [5.74, 6) is -5.60. The number of carboxylic acid groups (broad SMARTS) is 1. The van der Waals surface area contributed by atoms with Crippen molar-refractivity contribution in [2.45, 2.75) is 62.4 Å². The first-order chi connectivity index (χ1) is 11.5. The van der Waals surface area contributed by atoms with E-state index in [-0.39, 0.29) is 18.6 Å². The van der Waals surface area contributed by atoms with E-state index in [1.165, 1.54) is 6.92 Å². The van der Waals surface area contributed by atoms with Crippen LogP contribution in [-0.2, 0) is 19.1 Å². The number of carbonyl (C=O) groups excluding carboxylic acids is 2. The number of ether oxygens (including phenoxy) is 1. The number of hydrogen-bond donors (Lipinski definition) is 7. The molecule has 1 aliphatic rings. The van der Waals surface area contributed by atoms with Crippen LogP contribution in [0.25, 0.3) is 0 Å². The molecule has 0 saturated carbocycles. The molecule has 1 heterocycles. The van der Waals surface area contributed by atoms with Crippen molar-refractivity contribution >= 4 is 17.7 Å². The summed E-state index contributed by atoms with van der Waals surface area (Å²) in [4.78, 5) is 33.9. The maximum atomic E-state index is 11.9. The molecule has 1 aliphatic heterocycles. The standard InChI is InChI=1S/C14H23NO10/c1-6(17)2-3-9(20)15-10-7(18)4-14(24,13(22)23)25-12(10)11(21)8(19)5-16/h7-8,10-12,16,18-19,21,24H,2-5H2,1H3,(H,15,20)(H,22,23)/t7-,8+,10+,11+,12+,14-/m0/s1. The first-order valence-corrected chi connectivity index (χ1v) is 7.59. The average molecular weight is 365 g/mol. The van der Waals surface area contributed by atoms with E-state index < -0.39 is 61.1 Å². The largest absolute Gasteiger partial charge is 0.477 e. The zero-order valence-electron chi connectivity index (χ0n) is 13.5. The number of Topliss-reactive ketones (excluding diaryl/α,β-unsaturated/α-hetero) is 1. The van der Waals surface area contributed by atoms with Crippen LogP contribution in [0, 0.1) is 0 Å². The number of aliphatic hydroxyl groups is 5. The van der Waals surface area contributed by atoms with Gasteiger partial charge in [-0.3, -0.25) is 4.79 Å². The minimum absolute atomic E-state index is 0.0684. The van der Waals surface area contributed by atoms with E-state index in [0.29, 0.717) is 0 Å². The number of carbonyl (C=O) groups is 3. The smallest absolute Gasteiger partial charge is 0.364 e. The van der Waals surface area contributed by atoms with E-state index >= 15 is 0 Å². The van der Waals surface area contributed by atoms with Crippen molar-refractivity contribution in [2.75, 3.05) is 6.61 Å². The van der Waals surface area contributed by atoms with Crippen LogP contribution in [0.3, 0.4) is 0 Å². The molecule has 7 N–H and O–H groups in total. The van der Waals surface area contributed by atoms with Gasteiger partial charge >= 0.3 is 5.97 Å². The highest BCUT2D eigenvalue weighted by atomic mass is 16.7. The van der Waals surface area contributed by atoms with Crippen molar-refractivity contribution in [2.24, 2.45) is 0 Å². The van der Waals surface area contributed by atoms with Gasteiger partial charge in [0, 0.05) is 19.3 Å². The Morgan fingerprint density at radius 1 is 1.28 bits per heavy atom. The molecule has 0 unspecified atom stereocenters. The summed E-state index contributed by atoms with van der Waals surface area (Å²) in [5.41, 5.74) is 0. The summed E-state index contributed by atoms with van der Waals surface area (Å²) < 4.78 is 4.92. The minimum Gasteiger partial charge on any atom is -0.477 e. The lowest BCUT2D eigenvalue weighted by molar-refractivity contribution is -0.295. The lowest BCUT2D eigenvalue weighted by atomic mass is 9.88. The number of amides is 1. The topological polar surface area (TPSA) is 194 Å². The highest BCUT2D eigenvalue weighted by molar-refractivity contribution is 5.83. The predicted molar refractivity (Wildman–Crippen MR) is 79.0 cm³/mol. The van der Waals surface area contributed by atoms with E-state index in [4.69, 9.17) is 14.9 Å². The number of rotatable bonds is 8. The minimum atomic E-state index is -2.85. The Balaban J connectivity index is 2.99. The van der Waals surface area contributed by atoms with Gasteiger partial charge in [-0.2, -0.15) is 0 Å². The van der Waals surface area contributed by atoms with Gasteiger partial charge in [-0.25, -0.2) is 4.79 Å². The van der Waals surface area contributed by atoms with Crippen LogP contribution < -0.4 is 5.32 Å². The van der Waals surface area contributed by atoms with E-state index in [0.717, 1.165) is 0 Å². The molecule has 0 aliphatic carbocycles. The molecule has 0 radical (unpaired) electrons. The lowest BCUT2D eigenvalue weighted by Crippen LogP contribution is -2.67. The van der Waals surface area contributed by atoms with Crippen molar-refractivity contribution < 1.29 is 49.8 Å². The molecule has 0 aromatic rings. The molecule has 0 bridgehead atoms. The van der Waals surface area contributed by atoms with Crippen molar-refractivity contribution in [3.05, 3.63) is 0 Å². The first-order valence-electron chi connectivity index (χ1n) is 7.59. The molecule has 11 heteroatoms. The van der Waals surface area contributed by atoms with E-state index in [1.807, 2.05) is 0 Å². The van der Waals surface area contributed by atoms with E-state index in [9.17, 15) is 34.8 Å².